The van der Waals surface area contributed by atoms with Gasteiger partial charge in [0.05, 0.1) is 10.6 Å². The van der Waals surface area contributed by atoms with Crippen LogP contribution >= 0.6 is 11.8 Å². The Balaban J connectivity index is 1.56. The maximum Gasteiger partial charge on any atom is 0.251 e. The molecule has 3 fully saturated rings. The molecular formula is C16H26N2O3S. The fraction of sp³-hybridized carbons (Fsp3) is 0.875. The molecule has 2 heterocycles. The number of nitrogens with zero attached hydrogens (tertiary/aromatic N) is 2. The molecule has 0 aromatic carbocycles. The third kappa shape index (κ3) is 2.87. The lowest BCUT2D eigenvalue weighted by Gasteiger charge is -2.43. The number of amides is 2. The third-order valence-corrected chi connectivity index (χ3v) is 7.27. The van der Waals surface area contributed by atoms with Crippen LogP contribution in [0.5, 0.6) is 0 Å². The van der Waals surface area contributed by atoms with Gasteiger partial charge in [-0.05, 0) is 31.6 Å². The number of rotatable bonds is 2. The van der Waals surface area contributed by atoms with E-state index in [9.17, 15) is 14.7 Å². The first kappa shape index (κ1) is 16.1. The van der Waals surface area contributed by atoms with Crippen molar-refractivity contribution >= 4 is 23.6 Å². The fourth-order valence-electron chi connectivity index (χ4n) is 4.01. The van der Waals surface area contributed by atoms with Crippen LogP contribution in [0.1, 0.15) is 44.9 Å². The fourth-order valence-corrected chi connectivity index (χ4v) is 5.36. The van der Waals surface area contributed by atoms with Crippen molar-refractivity contribution in [1.29, 1.82) is 0 Å². The number of carbonyl (C=O) groups is 2. The van der Waals surface area contributed by atoms with E-state index < -0.39 is 6.10 Å². The number of piperidine rings is 1. The highest BCUT2D eigenvalue weighted by Crippen LogP contribution is 2.43. The lowest BCUT2D eigenvalue weighted by atomic mass is 9.84. The van der Waals surface area contributed by atoms with E-state index in [4.69, 9.17) is 0 Å². The summed E-state index contributed by atoms with van der Waals surface area (Å²) in [6.07, 6.45) is 6.21. The first-order valence-corrected chi connectivity index (χ1v) is 9.39. The number of carbonyl (C=O) groups excluding carboxylic acids is 2. The van der Waals surface area contributed by atoms with Gasteiger partial charge in [-0.2, -0.15) is 0 Å². The van der Waals surface area contributed by atoms with Crippen molar-refractivity contribution in [1.82, 2.24) is 9.80 Å². The van der Waals surface area contributed by atoms with Crippen molar-refractivity contribution < 1.29 is 14.7 Å². The lowest BCUT2D eigenvalue weighted by Crippen LogP contribution is -2.54. The highest BCUT2D eigenvalue weighted by atomic mass is 32.2. The van der Waals surface area contributed by atoms with Crippen molar-refractivity contribution in [2.75, 3.05) is 25.9 Å². The molecule has 0 bridgehead atoms. The lowest BCUT2D eigenvalue weighted by molar-refractivity contribution is -0.146. The molecule has 2 saturated heterocycles. The summed E-state index contributed by atoms with van der Waals surface area (Å²) in [5.41, 5.74) is 0. The Hall–Kier alpha value is -0.750. The van der Waals surface area contributed by atoms with Gasteiger partial charge < -0.3 is 14.9 Å². The molecule has 124 valence electrons. The van der Waals surface area contributed by atoms with Crippen molar-refractivity contribution in [3.8, 4) is 0 Å². The van der Waals surface area contributed by atoms with Crippen molar-refractivity contribution in [3.63, 3.8) is 0 Å². The first-order valence-electron chi connectivity index (χ1n) is 8.41. The SMILES string of the molecule is CN1C(=O)CSC12CCN(C(=O)C(O)C1CCCCC1)CC2. The van der Waals surface area contributed by atoms with Crippen LogP contribution in [-0.4, -0.2) is 63.6 Å². The van der Waals surface area contributed by atoms with E-state index in [-0.39, 0.29) is 22.6 Å². The Morgan fingerprint density at radius 1 is 1.27 bits per heavy atom. The summed E-state index contributed by atoms with van der Waals surface area (Å²) >= 11 is 1.71. The maximum atomic E-state index is 12.5. The molecular weight excluding hydrogens is 300 g/mol. The normalized spacial score (nSPS) is 27.5. The van der Waals surface area contributed by atoms with Crippen LogP contribution < -0.4 is 0 Å². The zero-order valence-electron chi connectivity index (χ0n) is 13.3. The molecule has 0 aromatic rings. The molecule has 1 N–H and O–H groups in total. The molecule has 3 aliphatic rings. The van der Waals surface area contributed by atoms with Crippen molar-refractivity contribution in [2.24, 2.45) is 5.92 Å². The van der Waals surface area contributed by atoms with Crippen LogP contribution in [0, 0.1) is 5.92 Å². The van der Waals surface area contributed by atoms with E-state index in [1.165, 1.54) is 6.42 Å². The second kappa shape index (κ2) is 6.40. The average Bonchev–Trinajstić information content (AvgIpc) is 2.84. The first-order chi connectivity index (χ1) is 10.5. The van der Waals surface area contributed by atoms with E-state index in [0.29, 0.717) is 18.8 Å². The quantitative estimate of drug-likeness (QED) is 0.834. The highest BCUT2D eigenvalue weighted by Gasteiger charge is 2.47. The number of hydrogen-bond donors (Lipinski definition) is 1. The minimum Gasteiger partial charge on any atom is -0.383 e. The number of likely N-dealkylation sites (tertiary alicyclic amines) is 1. The van der Waals surface area contributed by atoms with E-state index >= 15 is 0 Å². The molecule has 2 amide bonds. The molecule has 1 spiro atoms. The molecule has 1 saturated carbocycles. The molecule has 2 aliphatic heterocycles. The molecule has 0 radical (unpaired) electrons. The molecule has 1 unspecified atom stereocenters. The Morgan fingerprint density at radius 3 is 2.45 bits per heavy atom. The minimum atomic E-state index is -0.829. The van der Waals surface area contributed by atoms with Gasteiger partial charge >= 0.3 is 0 Å². The summed E-state index contributed by atoms with van der Waals surface area (Å²) < 4.78 is 0. The summed E-state index contributed by atoms with van der Waals surface area (Å²) in [6.45, 7) is 1.29. The molecule has 0 aromatic heterocycles. The second-order valence-electron chi connectivity index (χ2n) is 6.86. The summed E-state index contributed by atoms with van der Waals surface area (Å²) in [7, 11) is 1.87. The second-order valence-corrected chi connectivity index (χ2v) is 8.19. The molecule has 1 atom stereocenters. The summed E-state index contributed by atoms with van der Waals surface area (Å²) in [4.78, 5) is 27.8. The maximum absolute atomic E-state index is 12.5. The average molecular weight is 326 g/mol. The van der Waals surface area contributed by atoms with Gasteiger partial charge in [0.25, 0.3) is 5.91 Å². The molecule has 5 nitrogen and oxygen atoms in total. The van der Waals surface area contributed by atoms with Crippen LogP contribution in [0.2, 0.25) is 0 Å². The van der Waals surface area contributed by atoms with Crippen LogP contribution in [0.3, 0.4) is 0 Å². The van der Waals surface area contributed by atoms with Gasteiger partial charge in [0, 0.05) is 20.1 Å². The zero-order valence-corrected chi connectivity index (χ0v) is 14.1. The standard InChI is InChI=1S/C16H26N2O3S/c1-17-13(19)11-22-16(17)7-9-18(10-8-16)15(21)14(20)12-5-3-2-4-6-12/h12,14,20H,2-11H2,1H3. The van der Waals surface area contributed by atoms with Crippen LogP contribution in [-0.2, 0) is 9.59 Å². The number of aliphatic hydroxyl groups excluding tert-OH is 1. The predicted octanol–water partition coefficient (Wildman–Crippen LogP) is 1.45. The van der Waals surface area contributed by atoms with Gasteiger partial charge in [0.1, 0.15) is 6.10 Å². The topological polar surface area (TPSA) is 60.9 Å². The molecule has 1 aliphatic carbocycles. The summed E-state index contributed by atoms with van der Waals surface area (Å²) in [5, 5.41) is 10.4. The van der Waals surface area contributed by atoms with E-state index in [1.54, 1.807) is 11.8 Å². The highest BCUT2D eigenvalue weighted by molar-refractivity contribution is 8.01. The van der Waals surface area contributed by atoms with E-state index in [2.05, 4.69) is 0 Å². The minimum absolute atomic E-state index is 0.0984. The van der Waals surface area contributed by atoms with Gasteiger partial charge in [-0.25, -0.2) is 0 Å². The number of thioether (sulfide) groups is 1. The Labute approximate surface area is 136 Å². The smallest absolute Gasteiger partial charge is 0.251 e. The van der Waals surface area contributed by atoms with E-state index in [1.807, 2.05) is 16.8 Å². The van der Waals surface area contributed by atoms with Crippen molar-refractivity contribution in [3.05, 3.63) is 0 Å². The van der Waals surface area contributed by atoms with Gasteiger partial charge in [0.15, 0.2) is 0 Å². The van der Waals surface area contributed by atoms with Crippen LogP contribution in [0.25, 0.3) is 0 Å². The summed E-state index contributed by atoms with van der Waals surface area (Å²) in [5.74, 6) is 0.780. The molecule has 22 heavy (non-hydrogen) atoms. The van der Waals surface area contributed by atoms with Crippen LogP contribution in [0.4, 0.5) is 0 Å². The predicted molar refractivity (Wildman–Crippen MR) is 86.4 cm³/mol. The summed E-state index contributed by atoms with van der Waals surface area (Å²) in [6, 6.07) is 0. The third-order valence-electron chi connectivity index (χ3n) is 5.66. The zero-order chi connectivity index (χ0) is 15.7. The van der Waals surface area contributed by atoms with Gasteiger partial charge in [-0.15, -0.1) is 11.8 Å². The molecule has 3 rings (SSSR count). The van der Waals surface area contributed by atoms with Gasteiger partial charge in [0.2, 0.25) is 5.91 Å². The largest absolute Gasteiger partial charge is 0.383 e. The Morgan fingerprint density at radius 2 is 1.91 bits per heavy atom. The van der Waals surface area contributed by atoms with Crippen molar-refractivity contribution in [2.45, 2.75) is 55.9 Å². The monoisotopic (exact) mass is 326 g/mol. The van der Waals surface area contributed by atoms with Crippen LogP contribution in [0.15, 0.2) is 0 Å². The van der Waals surface area contributed by atoms with E-state index in [0.717, 1.165) is 38.5 Å². The number of hydrogen-bond acceptors (Lipinski definition) is 4. The van der Waals surface area contributed by atoms with Gasteiger partial charge in [-0.1, -0.05) is 19.3 Å². The number of aliphatic hydroxyl groups is 1. The van der Waals surface area contributed by atoms with Gasteiger partial charge in [-0.3, -0.25) is 9.59 Å². The Kier molecular flexibility index (Phi) is 4.69. The molecule has 6 heteroatoms. The Bertz CT molecular complexity index is 443.